The van der Waals surface area contributed by atoms with Crippen LogP contribution in [0.15, 0.2) is 0 Å². The van der Waals surface area contributed by atoms with E-state index in [9.17, 15) is 4.79 Å². The Morgan fingerprint density at radius 2 is 2.27 bits per heavy atom. The van der Waals surface area contributed by atoms with E-state index in [-0.39, 0.29) is 19.2 Å². The zero-order valence-electron chi connectivity index (χ0n) is 6.38. The van der Waals surface area contributed by atoms with Crippen LogP contribution >= 0.6 is 0 Å². The first-order valence-corrected chi connectivity index (χ1v) is 3.51. The fraction of sp³-hybridized carbons (Fsp3) is 0.625. The second-order valence-electron chi connectivity index (χ2n) is 2.05. The van der Waals surface area contributed by atoms with E-state index in [1.165, 1.54) is 0 Å². The van der Waals surface area contributed by atoms with E-state index in [0.717, 1.165) is 0 Å². The second-order valence-corrected chi connectivity index (χ2v) is 2.05. The third-order valence-electron chi connectivity index (χ3n) is 1.11. The molecule has 0 aromatic rings. The van der Waals surface area contributed by atoms with Gasteiger partial charge in [0.05, 0.1) is 0 Å². The summed E-state index contributed by atoms with van der Waals surface area (Å²) in [6.45, 7) is 0.153. The summed E-state index contributed by atoms with van der Waals surface area (Å²) in [7, 11) is 0. The first-order chi connectivity index (χ1) is 5.31. The van der Waals surface area contributed by atoms with Crippen LogP contribution in [0.25, 0.3) is 0 Å². The van der Waals surface area contributed by atoms with Crippen molar-refractivity contribution < 1.29 is 14.6 Å². The molecule has 0 rings (SSSR count). The van der Waals surface area contributed by atoms with Crippen LogP contribution in [0.5, 0.6) is 0 Å². The molecule has 0 aliphatic carbocycles. The normalized spacial score (nSPS) is 8.73. The molecule has 0 aliphatic rings. The standard InChI is InChI=1S/C8H12O3/c1-2-7-11-8(10)5-3-4-6-9/h1,9H,3-7H2. The van der Waals surface area contributed by atoms with Crippen molar-refractivity contribution in [2.24, 2.45) is 0 Å². The fourth-order valence-electron chi connectivity index (χ4n) is 0.575. The monoisotopic (exact) mass is 156 g/mol. The molecule has 0 unspecified atom stereocenters. The number of ether oxygens (including phenoxy) is 1. The van der Waals surface area contributed by atoms with Gasteiger partial charge in [0.15, 0.2) is 6.61 Å². The number of hydrogen-bond donors (Lipinski definition) is 1. The van der Waals surface area contributed by atoms with Crippen molar-refractivity contribution in [3.63, 3.8) is 0 Å². The number of aliphatic hydroxyl groups is 1. The Balaban J connectivity index is 3.17. The lowest BCUT2D eigenvalue weighted by molar-refractivity contribution is -0.142. The Morgan fingerprint density at radius 3 is 2.82 bits per heavy atom. The van der Waals surface area contributed by atoms with E-state index in [1.807, 2.05) is 0 Å². The Morgan fingerprint density at radius 1 is 1.55 bits per heavy atom. The summed E-state index contributed by atoms with van der Waals surface area (Å²) < 4.78 is 4.58. The molecule has 0 atom stereocenters. The zero-order valence-corrected chi connectivity index (χ0v) is 6.38. The van der Waals surface area contributed by atoms with Gasteiger partial charge in [-0.05, 0) is 12.8 Å². The van der Waals surface area contributed by atoms with Gasteiger partial charge in [-0.15, -0.1) is 6.42 Å². The lowest BCUT2D eigenvalue weighted by Gasteiger charge is -1.98. The van der Waals surface area contributed by atoms with E-state index in [2.05, 4.69) is 10.7 Å². The van der Waals surface area contributed by atoms with Crippen molar-refractivity contribution in [1.29, 1.82) is 0 Å². The molecule has 0 bridgehead atoms. The van der Waals surface area contributed by atoms with Gasteiger partial charge in [0.25, 0.3) is 0 Å². The van der Waals surface area contributed by atoms with Gasteiger partial charge >= 0.3 is 5.97 Å². The minimum absolute atomic E-state index is 0.0396. The van der Waals surface area contributed by atoms with Crippen molar-refractivity contribution in [2.45, 2.75) is 19.3 Å². The molecule has 0 amide bonds. The van der Waals surface area contributed by atoms with Gasteiger partial charge in [0.1, 0.15) is 0 Å². The predicted octanol–water partition coefficient (Wildman–Crippen LogP) is 0.325. The van der Waals surface area contributed by atoms with Crippen LogP contribution in [-0.2, 0) is 9.53 Å². The van der Waals surface area contributed by atoms with E-state index in [0.29, 0.717) is 19.3 Å². The average molecular weight is 156 g/mol. The topological polar surface area (TPSA) is 46.5 Å². The van der Waals surface area contributed by atoms with Gasteiger partial charge in [-0.25, -0.2) is 0 Å². The molecule has 3 nitrogen and oxygen atoms in total. The van der Waals surface area contributed by atoms with Gasteiger partial charge in [-0.1, -0.05) is 5.92 Å². The van der Waals surface area contributed by atoms with Gasteiger partial charge < -0.3 is 9.84 Å². The Hall–Kier alpha value is -1.01. The van der Waals surface area contributed by atoms with Crippen molar-refractivity contribution in [2.75, 3.05) is 13.2 Å². The highest BCUT2D eigenvalue weighted by molar-refractivity contribution is 5.69. The summed E-state index contributed by atoms with van der Waals surface area (Å²) in [6.07, 6.45) is 6.48. The van der Waals surface area contributed by atoms with E-state index < -0.39 is 0 Å². The molecule has 1 N–H and O–H groups in total. The van der Waals surface area contributed by atoms with Gasteiger partial charge in [0, 0.05) is 13.0 Å². The number of esters is 1. The highest BCUT2D eigenvalue weighted by atomic mass is 16.5. The molecule has 11 heavy (non-hydrogen) atoms. The largest absolute Gasteiger partial charge is 0.452 e. The zero-order chi connectivity index (χ0) is 8.53. The number of carbonyl (C=O) groups excluding carboxylic acids is 1. The molecule has 0 saturated heterocycles. The van der Waals surface area contributed by atoms with Crippen LogP contribution in [0.3, 0.4) is 0 Å². The summed E-state index contributed by atoms with van der Waals surface area (Å²) in [5.74, 6) is 1.90. The first-order valence-electron chi connectivity index (χ1n) is 3.51. The molecule has 0 fully saturated rings. The Kier molecular flexibility index (Phi) is 6.45. The maximum atomic E-state index is 10.7. The Bertz CT molecular complexity index is 146. The fourth-order valence-corrected chi connectivity index (χ4v) is 0.575. The maximum absolute atomic E-state index is 10.7. The molecular formula is C8H12O3. The van der Waals surface area contributed by atoms with Crippen LogP contribution in [0.1, 0.15) is 19.3 Å². The molecule has 0 radical (unpaired) electrons. The third-order valence-corrected chi connectivity index (χ3v) is 1.11. The summed E-state index contributed by atoms with van der Waals surface area (Å²) >= 11 is 0. The molecular weight excluding hydrogens is 144 g/mol. The molecule has 0 heterocycles. The number of aliphatic hydroxyl groups excluding tert-OH is 1. The van der Waals surface area contributed by atoms with E-state index in [4.69, 9.17) is 11.5 Å². The lowest BCUT2D eigenvalue weighted by atomic mass is 10.2. The lowest BCUT2D eigenvalue weighted by Crippen LogP contribution is -2.04. The first kappa shape index (κ1) is 9.99. The number of carbonyl (C=O) groups is 1. The minimum Gasteiger partial charge on any atom is -0.452 e. The van der Waals surface area contributed by atoms with Crippen LogP contribution in [-0.4, -0.2) is 24.3 Å². The number of unbranched alkanes of at least 4 members (excludes halogenated alkanes) is 1. The molecule has 0 aromatic carbocycles. The van der Waals surface area contributed by atoms with Crippen molar-refractivity contribution >= 4 is 5.97 Å². The van der Waals surface area contributed by atoms with Crippen molar-refractivity contribution in [3.8, 4) is 12.3 Å². The summed E-state index contributed by atoms with van der Waals surface area (Å²) in [6, 6.07) is 0. The molecule has 0 aliphatic heterocycles. The van der Waals surface area contributed by atoms with E-state index >= 15 is 0 Å². The quantitative estimate of drug-likeness (QED) is 0.354. The average Bonchev–Trinajstić information content (AvgIpc) is 2.01. The number of hydrogen-bond acceptors (Lipinski definition) is 3. The van der Waals surface area contributed by atoms with Crippen LogP contribution in [0.2, 0.25) is 0 Å². The molecule has 62 valence electrons. The van der Waals surface area contributed by atoms with Crippen LogP contribution in [0.4, 0.5) is 0 Å². The summed E-state index contributed by atoms with van der Waals surface area (Å²) in [5, 5.41) is 8.37. The predicted molar refractivity (Wildman–Crippen MR) is 40.7 cm³/mol. The molecule has 0 saturated carbocycles. The van der Waals surface area contributed by atoms with E-state index in [1.54, 1.807) is 0 Å². The summed E-state index contributed by atoms with van der Waals surface area (Å²) in [5.41, 5.74) is 0. The van der Waals surface area contributed by atoms with Crippen molar-refractivity contribution in [3.05, 3.63) is 0 Å². The number of terminal acetylenes is 1. The van der Waals surface area contributed by atoms with Crippen molar-refractivity contribution in [1.82, 2.24) is 0 Å². The van der Waals surface area contributed by atoms with Crippen LogP contribution in [0, 0.1) is 12.3 Å². The second kappa shape index (κ2) is 7.10. The Labute approximate surface area is 66.4 Å². The van der Waals surface area contributed by atoms with Gasteiger partial charge in [0.2, 0.25) is 0 Å². The maximum Gasteiger partial charge on any atom is 0.306 e. The number of rotatable bonds is 5. The van der Waals surface area contributed by atoms with Crippen LogP contribution < -0.4 is 0 Å². The molecule has 0 aromatic heterocycles. The highest BCUT2D eigenvalue weighted by Crippen LogP contribution is 1.95. The highest BCUT2D eigenvalue weighted by Gasteiger charge is 1.99. The SMILES string of the molecule is C#CCOC(=O)CCCCO. The van der Waals surface area contributed by atoms with Gasteiger partial charge in [-0.3, -0.25) is 4.79 Å². The minimum atomic E-state index is -0.295. The molecule has 3 heteroatoms. The smallest absolute Gasteiger partial charge is 0.306 e. The van der Waals surface area contributed by atoms with Gasteiger partial charge in [-0.2, -0.15) is 0 Å². The third kappa shape index (κ3) is 6.88. The molecule has 0 spiro atoms. The summed E-state index contributed by atoms with van der Waals surface area (Å²) in [4.78, 5) is 10.7.